The number of thiazole rings is 1. The number of aromatic nitrogens is 1. The monoisotopic (exact) mass is 427 g/mol. The van der Waals surface area contributed by atoms with Crippen LogP contribution in [-0.4, -0.2) is 17.5 Å². The highest BCUT2D eigenvalue weighted by Gasteiger charge is 2.06. The van der Waals surface area contributed by atoms with Crippen molar-refractivity contribution in [2.24, 2.45) is 5.10 Å². The van der Waals surface area contributed by atoms with Gasteiger partial charge in [0.15, 0.2) is 0 Å². The van der Waals surface area contributed by atoms with Gasteiger partial charge in [-0.2, -0.15) is 5.10 Å². The number of thioether (sulfide) groups is 1. The fourth-order valence-corrected chi connectivity index (χ4v) is 3.79. The van der Waals surface area contributed by atoms with Gasteiger partial charge in [0.05, 0.1) is 22.0 Å². The number of nitrogens with one attached hydrogen (secondary N) is 1. The lowest BCUT2D eigenvalue weighted by Crippen LogP contribution is -1.91. The van der Waals surface area contributed by atoms with Crippen molar-refractivity contribution in [1.29, 1.82) is 0 Å². The second-order valence-corrected chi connectivity index (χ2v) is 7.89. The maximum atomic E-state index is 6.13. The highest BCUT2D eigenvalue weighted by molar-refractivity contribution is 7.98. The smallest absolute Gasteiger partial charge is 0.203 e. The van der Waals surface area contributed by atoms with Gasteiger partial charge in [0, 0.05) is 26.4 Å². The Labute approximate surface area is 169 Å². The van der Waals surface area contributed by atoms with Crippen molar-refractivity contribution >= 4 is 69.2 Å². The molecule has 1 heterocycles. The van der Waals surface area contributed by atoms with Gasteiger partial charge in [-0.1, -0.05) is 46.9 Å². The fourth-order valence-electron chi connectivity index (χ4n) is 2.05. The SMILES string of the molecule is CSc1ccc(-c2csc(N/N=C/c3cc(Cl)cc(Cl)c3Cl)n2)cc1. The molecule has 0 saturated carbocycles. The molecule has 0 spiro atoms. The van der Waals surface area contributed by atoms with Crippen LogP contribution < -0.4 is 5.43 Å². The first kappa shape index (κ1) is 18.5. The van der Waals surface area contributed by atoms with Gasteiger partial charge in [0.25, 0.3) is 0 Å². The lowest BCUT2D eigenvalue weighted by atomic mass is 10.2. The fraction of sp³-hybridized carbons (Fsp3) is 0.0588. The number of rotatable bonds is 5. The van der Waals surface area contributed by atoms with Gasteiger partial charge >= 0.3 is 0 Å². The lowest BCUT2D eigenvalue weighted by Gasteiger charge is -2.01. The summed E-state index contributed by atoms with van der Waals surface area (Å²) in [7, 11) is 0. The zero-order valence-corrected chi connectivity index (χ0v) is 16.9. The summed E-state index contributed by atoms with van der Waals surface area (Å²) in [4.78, 5) is 5.75. The predicted molar refractivity (Wildman–Crippen MR) is 112 cm³/mol. The Morgan fingerprint density at radius 3 is 2.64 bits per heavy atom. The van der Waals surface area contributed by atoms with Crippen molar-refractivity contribution in [3.8, 4) is 11.3 Å². The van der Waals surface area contributed by atoms with E-state index in [2.05, 4.69) is 46.0 Å². The third-order valence-electron chi connectivity index (χ3n) is 3.27. The van der Waals surface area contributed by atoms with Crippen LogP contribution >= 0.6 is 57.9 Å². The Morgan fingerprint density at radius 1 is 1.16 bits per heavy atom. The first-order valence-electron chi connectivity index (χ1n) is 7.10. The highest BCUT2D eigenvalue weighted by atomic mass is 35.5. The topological polar surface area (TPSA) is 37.3 Å². The number of halogens is 3. The second-order valence-electron chi connectivity index (χ2n) is 4.93. The zero-order valence-electron chi connectivity index (χ0n) is 13.0. The summed E-state index contributed by atoms with van der Waals surface area (Å²) in [5.41, 5.74) is 5.50. The summed E-state index contributed by atoms with van der Waals surface area (Å²) in [5, 5.41) is 8.12. The molecule has 8 heteroatoms. The molecule has 128 valence electrons. The van der Waals surface area contributed by atoms with E-state index in [-0.39, 0.29) is 0 Å². The third kappa shape index (κ3) is 4.68. The Morgan fingerprint density at radius 2 is 1.92 bits per heavy atom. The minimum Gasteiger partial charge on any atom is -0.253 e. The molecule has 0 saturated heterocycles. The quantitative estimate of drug-likeness (QED) is 0.207. The molecule has 0 bridgehead atoms. The van der Waals surface area contributed by atoms with Crippen molar-refractivity contribution < 1.29 is 0 Å². The van der Waals surface area contributed by atoms with E-state index in [0.717, 1.165) is 11.3 Å². The largest absolute Gasteiger partial charge is 0.253 e. The first-order chi connectivity index (χ1) is 12.1. The van der Waals surface area contributed by atoms with E-state index in [1.807, 2.05) is 5.38 Å². The van der Waals surface area contributed by atoms with Crippen molar-refractivity contribution in [2.45, 2.75) is 4.90 Å². The molecule has 3 nitrogen and oxygen atoms in total. The molecule has 0 fully saturated rings. The van der Waals surface area contributed by atoms with Crippen LogP contribution in [0.5, 0.6) is 0 Å². The molecular weight excluding hydrogens is 417 g/mol. The standard InChI is InChI=1S/C17H12Cl3N3S2/c1-24-13-4-2-10(3-5-13)15-9-25-17(22-15)23-21-8-11-6-12(18)7-14(19)16(11)20/h2-9H,1H3,(H,22,23)/b21-8+. The highest BCUT2D eigenvalue weighted by Crippen LogP contribution is 2.29. The van der Waals surface area contributed by atoms with Gasteiger partial charge in [0.2, 0.25) is 5.13 Å². The Bertz CT molecular complexity index is 908. The van der Waals surface area contributed by atoms with E-state index in [1.54, 1.807) is 30.1 Å². The summed E-state index contributed by atoms with van der Waals surface area (Å²) in [6.07, 6.45) is 3.62. The molecule has 0 aliphatic rings. The Hall–Kier alpha value is -1.24. The molecule has 0 unspecified atom stereocenters. The van der Waals surface area contributed by atoms with Gasteiger partial charge in [-0.15, -0.1) is 23.1 Å². The van der Waals surface area contributed by atoms with Crippen molar-refractivity contribution in [2.75, 3.05) is 11.7 Å². The number of hydrazone groups is 1. The minimum atomic E-state index is 0.390. The van der Waals surface area contributed by atoms with E-state index in [9.17, 15) is 0 Å². The number of hydrogen-bond donors (Lipinski definition) is 1. The van der Waals surface area contributed by atoms with Crippen LogP contribution in [0.4, 0.5) is 5.13 Å². The maximum absolute atomic E-state index is 6.13. The van der Waals surface area contributed by atoms with Gasteiger partial charge in [-0.05, 0) is 30.5 Å². The number of benzene rings is 2. The molecule has 1 N–H and O–H groups in total. The summed E-state index contributed by atoms with van der Waals surface area (Å²) in [6.45, 7) is 0. The average molecular weight is 429 g/mol. The third-order valence-corrected chi connectivity index (χ3v) is 5.80. The van der Waals surface area contributed by atoms with Crippen molar-refractivity contribution in [3.05, 3.63) is 62.4 Å². The molecule has 2 aromatic carbocycles. The molecule has 3 aromatic rings. The maximum Gasteiger partial charge on any atom is 0.203 e. The number of anilines is 1. The number of hydrogen-bond acceptors (Lipinski definition) is 5. The first-order valence-corrected chi connectivity index (χ1v) is 10.3. The molecule has 0 atom stereocenters. The van der Waals surface area contributed by atoms with Crippen molar-refractivity contribution in [3.63, 3.8) is 0 Å². The molecule has 0 aliphatic heterocycles. The molecule has 0 radical (unpaired) electrons. The van der Waals surface area contributed by atoms with E-state index >= 15 is 0 Å². The van der Waals surface area contributed by atoms with Gasteiger partial charge in [-0.25, -0.2) is 4.98 Å². The molecule has 1 aromatic heterocycles. The van der Waals surface area contributed by atoms with Crippen LogP contribution in [0.2, 0.25) is 15.1 Å². The summed E-state index contributed by atoms with van der Waals surface area (Å²) >= 11 is 21.3. The van der Waals surface area contributed by atoms with Crippen LogP contribution in [0.3, 0.4) is 0 Å². The summed E-state index contributed by atoms with van der Waals surface area (Å²) < 4.78 is 0. The molecule has 0 amide bonds. The van der Waals surface area contributed by atoms with Crippen LogP contribution in [0.25, 0.3) is 11.3 Å². The van der Waals surface area contributed by atoms with Crippen LogP contribution in [0, 0.1) is 0 Å². The van der Waals surface area contributed by atoms with E-state index < -0.39 is 0 Å². The van der Waals surface area contributed by atoms with Crippen LogP contribution in [0.15, 0.2) is 51.8 Å². The van der Waals surface area contributed by atoms with Crippen LogP contribution in [0.1, 0.15) is 5.56 Å². The van der Waals surface area contributed by atoms with E-state index in [0.29, 0.717) is 25.8 Å². The molecule has 0 aliphatic carbocycles. The minimum absolute atomic E-state index is 0.390. The van der Waals surface area contributed by atoms with Crippen LogP contribution in [-0.2, 0) is 0 Å². The van der Waals surface area contributed by atoms with E-state index in [1.165, 1.54) is 16.2 Å². The zero-order chi connectivity index (χ0) is 17.8. The molecule has 3 rings (SSSR count). The Kier molecular flexibility index (Phi) is 6.25. The summed E-state index contributed by atoms with van der Waals surface area (Å²) in [5.74, 6) is 0. The molecular formula is C17H12Cl3N3S2. The Balaban J connectivity index is 1.71. The lowest BCUT2D eigenvalue weighted by molar-refractivity contribution is 1.28. The average Bonchev–Trinajstić information content (AvgIpc) is 3.08. The number of nitrogens with zero attached hydrogens (tertiary/aromatic N) is 2. The van der Waals surface area contributed by atoms with E-state index in [4.69, 9.17) is 34.8 Å². The molecule has 25 heavy (non-hydrogen) atoms. The van der Waals surface area contributed by atoms with Crippen molar-refractivity contribution in [1.82, 2.24) is 4.98 Å². The summed E-state index contributed by atoms with van der Waals surface area (Å²) in [6, 6.07) is 11.6. The normalized spacial score (nSPS) is 11.2. The predicted octanol–water partition coefficient (Wildman–Crippen LogP) is 6.94. The van der Waals surface area contributed by atoms with Gasteiger partial charge < -0.3 is 0 Å². The second kappa shape index (κ2) is 8.43. The van der Waals surface area contributed by atoms with Gasteiger partial charge in [-0.3, -0.25) is 5.43 Å². The van der Waals surface area contributed by atoms with Gasteiger partial charge in [0.1, 0.15) is 0 Å².